The minimum atomic E-state index is -0.539. The predicted molar refractivity (Wildman–Crippen MR) is 257 cm³/mol. The van der Waals surface area contributed by atoms with Crippen LogP contribution in [0, 0.1) is 0 Å². The van der Waals surface area contributed by atoms with E-state index in [0.717, 1.165) is 33.4 Å². The van der Waals surface area contributed by atoms with Crippen LogP contribution in [0.3, 0.4) is 0 Å². The molecule has 290 valence electrons. The van der Waals surface area contributed by atoms with Crippen molar-refractivity contribution in [2.75, 3.05) is 0 Å². The van der Waals surface area contributed by atoms with Crippen LogP contribution in [0.5, 0.6) is 0 Å². The summed E-state index contributed by atoms with van der Waals surface area (Å²) in [6.45, 7) is 0. The van der Waals surface area contributed by atoms with Crippen molar-refractivity contribution in [3.05, 3.63) is 247 Å². The van der Waals surface area contributed by atoms with Crippen molar-refractivity contribution >= 4 is 31.5 Å². The Bertz CT molecular complexity index is 3390. The van der Waals surface area contributed by atoms with Crippen molar-refractivity contribution in [3.63, 3.8) is 0 Å². The molecule has 0 atom stereocenters. The number of hydrogen-bond acceptors (Lipinski definition) is 4. The molecule has 12 rings (SSSR count). The quantitative estimate of drug-likeness (QED) is 0.161. The van der Waals surface area contributed by atoms with Gasteiger partial charge in [0.05, 0.1) is 5.41 Å². The first-order valence-corrected chi connectivity index (χ1v) is 21.8. The summed E-state index contributed by atoms with van der Waals surface area (Å²) in [6.07, 6.45) is 0. The molecule has 0 aliphatic heterocycles. The molecular weight excluding hydrogens is 771 g/mol. The van der Waals surface area contributed by atoms with Gasteiger partial charge in [-0.1, -0.05) is 212 Å². The SMILES string of the molecule is c1ccc(-c2ccc(-c3nc(-c4ccc(-c5cccc6sc7ccccc7c56)cc4)nc(-c4cccc5c4-c4ccccc4C5(c4ccccc4)c4ccccc4)n3)cc2)cc1. The van der Waals surface area contributed by atoms with E-state index in [1.165, 1.54) is 59.1 Å². The van der Waals surface area contributed by atoms with E-state index >= 15 is 0 Å². The van der Waals surface area contributed by atoms with Crippen molar-refractivity contribution in [3.8, 4) is 67.5 Å². The highest BCUT2D eigenvalue weighted by molar-refractivity contribution is 7.25. The van der Waals surface area contributed by atoms with Gasteiger partial charge in [0, 0.05) is 36.9 Å². The molecule has 2 aromatic heterocycles. The van der Waals surface area contributed by atoms with Gasteiger partial charge in [0.15, 0.2) is 17.5 Å². The third-order valence-corrected chi connectivity index (χ3v) is 13.6. The van der Waals surface area contributed by atoms with Gasteiger partial charge in [-0.25, -0.2) is 15.0 Å². The molecule has 11 aromatic rings. The van der Waals surface area contributed by atoms with Gasteiger partial charge >= 0.3 is 0 Å². The molecule has 3 nitrogen and oxygen atoms in total. The summed E-state index contributed by atoms with van der Waals surface area (Å²) < 4.78 is 2.59. The Morgan fingerprint density at radius 3 is 1.47 bits per heavy atom. The number of aromatic nitrogens is 3. The molecule has 9 aromatic carbocycles. The van der Waals surface area contributed by atoms with E-state index in [1.807, 2.05) is 17.4 Å². The zero-order chi connectivity index (χ0) is 41.0. The van der Waals surface area contributed by atoms with Crippen LogP contribution >= 0.6 is 11.3 Å². The van der Waals surface area contributed by atoms with Crippen LogP contribution in [-0.2, 0) is 5.41 Å². The van der Waals surface area contributed by atoms with E-state index in [-0.39, 0.29) is 0 Å². The number of hydrogen-bond donors (Lipinski definition) is 0. The molecule has 2 heterocycles. The first kappa shape index (κ1) is 36.1. The van der Waals surface area contributed by atoms with Crippen molar-refractivity contribution < 1.29 is 0 Å². The highest BCUT2D eigenvalue weighted by Crippen LogP contribution is 2.58. The second-order valence-electron chi connectivity index (χ2n) is 15.9. The topological polar surface area (TPSA) is 38.7 Å². The lowest BCUT2D eigenvalue weighted by atomic mass is 9.67. The smallest absolute Gasteiger partial charge is 0.164 e. The van der Waals surface area contributed by atoms with Crippen LogP contribution in [0.1, 0.15) is 22.3 Å². The predicted octanol–water partition coefficient (Wildman–Crippen LogP) is 14.9. The maximum Gasteiger partial charge on any atom is 0.164 e. The molecule has 0 fully saturated rings. The van der Waals surface area contributed by atoms with Crippen LogP contribution in [0.4, 0.5) is 0 Å². The lowest BCUT2D eigenvalue weighted by Gasteiger charge is -2.33. The van der Waals surface area contributed by atoms with E-state index in [4.69, 9.17) is 15.0 Å². The number of benzene rings is 9. The van der Waals surface area contributed by atoms with E-state index in [1.54, 1.807) is 0 Å². The summed E-state index contributed by atoms with van der Waals surface area (Å²) in [5, 5.41) is 2.59. The van der Waals surface area contributed by atoms with Crippen LogP contribution in [0.2, 0.25) is 0 Å². The summed E-state index contributed by atoms with van der Waals surface area (Å²) in [6, 6.07) is 80.4. The summed E-state index contributed by atoms with van der Waals surface area (Å²) >= 11 is 1.84. The lowest BCUT2D eigenvalue weighted by Crippen LogP contribution is -2.28. The van der Waals surface area contributed by atoms with Crippen LogP contribution in [-0.4, -0.2) is 15.0 Å². The van der Waals surface area contributed by atoms with Gasteiger partial charge in [-0.15, -0.1) is 11.3 Å². The summed E-state index contributed by atoms with van der Waals surface area (Å²) in [5.74, 6) is 1.90. The molecule has 0 N–H and O–H groups in total. The Kier molecular flexibility index (Phi) is 8.58. The fourth-order valence-corrected chi connectivity index (χ4v) is 10.8. The maximum absolute atomic E-state index is 5.37. The van der Waals surface area contributed by atoms with Crippen molar-refractivity contribution in [1.82, 2.24) is 15.0 Å². The first-order chi connectivity index (χ1) is 30.7. The Morgan fingerprint density at radius 1 is 0.306 bits per heavy atom. The van der Waals surface area contributed by atoms with Crippen LogP contribution in [0.15, 0.2) is 224 Å². The number of nitrogens with zero attached hydrogens (tertiary/aromatic N) is 3. The second-order valence-corrected chi connectivity index (χ2v) is 16.9. The fourth-order valence-electron chi connectivity index (χ4n) is 9.69. The molecule has 0 spiro atoms. The number of fused-ring (bicyclic) bond motifs is 6. The Morgan fingerprint density at radius 2 is 0.774 bits per heavy atom. The summed E-state index contributed by atoms with van der Waals surface area (Å²) in [4.78, 5) is 15.9. The van der Waals surface area contributed by atoms with E-state index in [9.17, 15) is 0 Å². The molecule has 1 aliphatic rings. The molecule has 0 saturated carbocycles. The van der Waals surface area contributed by atoms with Crippen LogP contribution in [0.25, 0.3) is 87.7 Å². The average molecular weight is 808 g/mol. The zero-order valence-electron chi connectivity index (χ0n) is 33.6. The fraction of sp³-hybridized carbons (Fsp3) is 0.0172. The third kappa shape index (κ3) is 5.76. The van der Waals surface area contributed by atoms with E-state index < -0.39 is 5.41 Å². The molecule has 0 amide bonds. The van der Waals surface area contributed by atoms with Gasteiger partial charge in [-0.3, -0.25) is 0 Å². The van der Waals surface area contributed by atoms with Crippen molar-refractivity contribution in [1.29, 1.82) is 0 Å². The molecule has 0 bridgehead atoms. The monoisotopic (exact) mass is 807 g/mol. The Labute approximate surface area is 364 Å². The molecule has 1 aliphatic carbocycles. The third-order valence-electron chi connectivity index (χ3n) is 12.5. The minimum Gasteiger partial charge on any atom is -0.208 e. The van der Waals surface area contributed by atoms with Gasteiger partial charge < -0.3 is 0 Å². The highest BCUT2D eigenvalue weighted by Gasteiger charge is 2.47. The van der Waals surface area contributed by atoms with E-state index in [0.29, 0.717) is 17.5 Å². The lowest BCUT2D eigenvalue weighted by molar-refractivity contribution is 0.768. The zero-order valence-corrected chi connectivity index (χ0v) is 34.4. The first-order valence-electron chi connectivity index (χ1n) is 21.0. The Balaban J connectivity index is 1.05. The largest absolute Gasteiger partial charge is 0.208 e. The van der Waals surface area contributed by atoms with Gasteiger partial charge in [0.1, 0.15) is 0 Å². The molecule has 62 heavy (non-hydrogen) atoms. The maximum atomic E-state index is 5.37. The minimum absolute atomic E-state index is 0.539. The molecular formula is C58H37N3S. The standard InChI is InChI=1S/C58H37N3S/c1-4-16-38(17-5-1)39-30-34-41(35-31-39)55-59-56(42-36-32-40(33-37-42)45-24-15-29-52-54(45)47-23-11-13-28-51(47)62-52)61-57(60-55)48-25-14-27-50-53(48)46-22-10-12-26-49(46)58(50,43-18-6-2-7-19-43)44-20-8-3-9-21-44/h1-37H. The molecule has 4 heteroatoms. The molecule has 0 unspecified atom stereocenters. The molecule has 0 saturated heterocycles. The second kappa shape index (κ2) is 14.7. The molecule has 0 radical (unpaired) electrons. The van der Waals surface area contributed by atoms with Gasteiger partial charge in [-0.05, 0) is 67.8 Å². The van der Waals surface area contributed by atoms with Gasteiger partial charge in [0.2, 0.25) is 0 Å². The van der Waals surface area contributed by atoms with Crippen molar-refractivity contribution in [2.24, 2.45) is 0 Å². The highest BCUT2D eigenvalue weighted by atomic mass is 32.1. The van der Waals surface area contributed by atoms with Gasteiger partial charge in [0.25, 0.3) is 0 Å². The van der Waals surface area contributed by atoms with Crippen LogP contribution < -0.4 is 0 Å². The van der Waals surface area contributed by atoms with Crippen molar-refractivity contribution in [2.45, 2.75) is 5.41 Å². The Hall–Kier alpha value is -7.79. The average Bonchev–Trinajstić information content (AvgIpc) is 3.89. The summed E-state index contributed by atoms with van der Waals surface area (Å²) in [7, 11) is 0. The normalized spacial score (nSPS) is 12.6. The van der Waals surface area contributed by atoms with Gasteiger partial charge in [-0.2, -0.15) is 0 Å². The number of rotatable bonds is 7. The summed E-state index contributed by atoms with van der Waals surface area (Å²) in [5.41, 5.74) is 14.2. The van der Waals surface area contributed by atoms with E-state index in [2.05, 4.69) is 218 Å². The number of thiophene rings is 1.